The van der Waals surface area contributed by atoms with Crippen molar-refractivity contribution in [2.24, 2.45) is 0 Å². The molecule has 116 valence electrons. The van der Waals surface area contributed by atoms with Gasteiger partial charge in [0, 0.05) is 12.6 Å². The number of hydrogen-bond acceptors (Lipinski definition) is 4. The zero-order chi connectivity index (χ0) is 15.7. The second-order valence-electron chi connectivity index (χ2n) is 5.84. The van der Waals surface area contributed by atoms with Gasteiger partial charge in [-0.05, 0) is 42.3 Å². The first kappa shape index (κ1) is 14.9. The molecule has 0 aliphatic heterocycles. The van der Waals surface area contributed by atoms with Gasteiger partial charge >= 0.3 is 0 Å². The standard InChI is InChI=1S/C18H21NO3/c1-19(11-12-7-8-16(20)17(9-12)22-2)15-10-13-5-3-4-6-14(13)18(15)21/h3-9,15,18,20-21H,10-11H2,1-2H3. The number of benzene rings is 2. The number of phenols is 1. The molecule has 0 amide bonds. The number of ether oxygens (including phenoxy) is 1. The zero-order valence-electron chi connectivity index (χ0n) is 12.9. The van der Waals surface area contributed by atoms with Crippen molar-refractivity contribution in [3.05, 3.63) is 59.2 Å². The van der Waals surface area contributed by atoms with Crippen LogP contribution in [0.1, 0.15) is 22.8 Å². The van der Waals surface area contributed by atoms with Crippen LogP contribution in [0.5, 0.6) is 11.5 Å². The maximum Gasteiger partial charge on any atom is 0.160 e. The summed E-state index contributed by atoms with van der Waals surface area (Å²) in [4.78, 5) is 2.15. The number of aliphatic hydroxyl groups is 1. The second kappa shape index (κ2) is 5.99. The van der Waals surface area contributed by atoms with Crippen LogP contribution in [-0.4, -0.2) is 35.3 Å². The van der Waals surface area contributed by atoms with Gasteiger partial charge in [-0.15, -0.1) is 0 Å². The summed E-state index contributed by atoms with van der Waals surface area (Å²) in [5, 5.41) is 20.2. The summed E-state index contributed by atoms with van der Waals surface area (Å²) in [6.07, 6.45) is 0.392. The molecule has 3 rings (SSSR count). The van der Waals surface area contributed by atoms with E-state index in [1.807, 2.05) is 37.4 Å². The summed E-state index contributed by atoms with van der Waals surface area (Å²) in [6, 6.07) is 13.5. The lowest BCUT2D eigenvalue weighted by Crippen LogP contribution is -2.34. The molecule has 4 nitrogen and oxygen atoms in total. The number of rotatable bonds is 4. The molecule has 0 heterocycles. The Morgan fingerprint density at radius 1 is 1.23 bits per heavy atom. The lowest BCUT2D eigenvalue weighted by atomic mass is 10.1. The van der Waals surface area contributed by atoms with E-state index in [9.17, 15) is 10.2 Å². The number of methoxy groups -OCH3 is 1. The van der Waals surface area contributed by atoms with Crippen LogP contribution in [0.25, 0.3) is 0 Å². The van der Waals surface area contributed by atoms with Gasteiger partial charge in [0.2, 0.25) is 0 Å². The summed E-state index contributed by atoms with van der Waals surface area (Å²) in [5.74, 6) is 0.614. The monoisotopic (exact) mass is 299 g/mol. The SMILES string of the molecule is COc1cc(CN(C)C2Cc3ccccc3C2O)ccc1O. The third-order valence-electron chi connectivity index (χ3n) is 4.41. The van der Waals surface area contributed by atoms with Crippen LogP contribution in [0.3, 0.4) is 0 Å². The fourth-order valence-corrected chi connectivity index (χ4v) is 3.18. The normalized spacial score (nSPS) is 20.2. The van der Waals surface area contributed by atoms with Crippen molar-refractivity contribution in [2.45, 2.75) is 25.1 Å². The first-order valence-electron chi connectivity index (χ1n) is 7.42. The van der Waals surface area contributed by atoms with Gasteiger partial charge in [0.05, 0.1) is 13.2 Å². The first-order valence-corrected chi connectivity index (χ1v) is 7.42. The van der Waals surface area contributed by atoms with Crippen molar-refractivity contribution in [1.29, 1.82) is 0 Å². The van der Waals surface area contributed by atoms with Crippen LogP contribution in [0.15, 0.2) is 42.5 Å². The smallest absolute Gasteiger partial charge is 0.160 e. The summed E-state index contributed by atoms with van der Waals surface area (Å²) in [7, 11) is 3.55. The molecule has 0 aromatic heterocycles. The molecule has 1 aliphatic carbocycles. The molecule has 2 N–H and O–H groups in total. The third-order valence-corrected chi connectivity index (χ3v) is 4.41. The Morgan fingerprint density at radius 3 is 2.73 bits per heavy atom. The first-order chi connectivity index (χ1) is 10.6. The Balaban J connectivity index is 1.75. The van der Waals surface area contributed by atoms with Gasteiger partial charge in [0.15, 0.2) is 11.5 Å². The van der Waals surface area contributed by atoms with Crippen LogP contribution in [0.2, 0.25) is 0 Å². The molecule has 22 heavy (non-hydrogen) atoms. The van der Waals surface area contributed by atoms with Gasteiger partial charge in [-0.3, -0.25) is 4.90 Å². The maximum absolute atomic E-state index is 10.5. The predicted octanol–water partition coefficient (Wildman–Crippen LogP) is 2.49. The number of aliphatic hydroxyl groups excluding tert-OH is 1. The lowest BCUT2D eigenvalue weighted by Gasteiger charge is -2.27. The zero-order valence-corrected chi connectivity index (χ0v) is 12.9. The van der Waals surface area contributed by atoms with Crippen LogP contribution >= 0.6 is 0 Å². The molecule has 0 bridgehead atoms. The van der Waals surface area contributed by atoms with E-state index in [2.05, 4.69) is 11.0 Å². The van der Waals surface area contributed by atoms with E-state index in [1.165, 1.54) is 5.56 Å². The molecule has 0 spiro atoms. The Hall–Kier alpha value is -2.04. The highest BCUT2D eigenvalue weighted by molar-refractivity contribution is 5.42. The highest BCUT2D eigenvalue weighted by atomic mass is 16.5. The minimum Gasteiger partial charge on any atom is -0.504 e. The lowest BCUT2D eigenvalue weighted by molar-refractivity contribution is 0.0721. The summed E-state index contributed by atoms with van der Waals surface area (Å²) >= 11 is 0. The number of phenolic OH excluding ortho intramolecular Hbond substituents is 1. The number of fused-ring (bicyclic) bond motifs is 1. The van der Waals surface area contributed by atoms with Crippen molar-refractivity contribution in [3.63, 3.8) is 0 Å². The summed E-state index contributed by atoms with van der Waals surface area (Å²) in [6.45, 7) is 0.687. The minimum absolute atomic E-state index is 0.0668. The van der Waals surface area contributed by atoms with Gasteiger partial charge in [0.25, 0.3) is 0 Å². The van der Waals surface area contributed by atoms with E-state index < -0.39 is 6.10 Å². The topological polar surface area (TPSA) is 52.9 Å². The van der Waals surface area contributed by atoms with Crippen LogP contribution < -0.4 is 4.74 Å². The summed E-state index contributed by atoms with van der Waals surface area (Å²) < 4.78 is 5.15. The molecule has 2 atom stereocenters. The molecular formula is C18H21NO3. The van der Waals surface area contributed by atoms with E-state index in [-0.39, 0.29) is 11.8 Å². The Kier molecular flexibility index (Phi) is 4.05. The number of aromatic hydroxyl groups is 1. The molecule has 2 aromatic carbocycles. The largest absolute Gasteiger partial charge is 0.504 e. The van der Waals surface area contributed by atoms with E-state index in [1.54, 1.807) is 13.2 Å². The van der Waals surface area contributed by atoms with Gasteiger partial charge in [-0.2, -0.15) is 0 Å². The van der Waals surface area contributed by atoms with Crippen molar-refractivity contribution in [3.8, 4) is 11.5 Å². The van der Waals surface area contributed by atoms with E-state index >= 15 is 0 Å². The maximum atomic E-state index is 10.5. The summed E-state index contributed by atoms with van der Waals surface area (Å²) in [5.41, 5.74) is 3.29. The fraction of sp³-hybridized carbons (Fsp3) is 0.333. The van der Waals surface area contributed by atoms with E-state index in [4.69, 9.17) is 4.74 Å². The molecule has 1 aliphatic rings. The van der Waals surface area contributed by atoms with Crippen molar-refractivity contribution < 1.29 is 14.9 Å². The average molecular weight is 299 g/mol. The molecule has 2 unspecified atom stereocenters. The third kappa shape index (κ3) is 2.67. The quantitative estimate of drug-likeness (QED) is 0.911. The molecule has 0 saturated heterocycles. The highest BCUT2D eigenvalue weighted by Crippen LogP contribution is 2.35. The van der Waals surface area contributed by atoms with E-state index in [0.717, 1.165) is 17.5 Å². The Labute approximate surface area is 130 Å². The number of nitrogens with zero attached hydrogens (tertiary/aromatic N) is 1. The van der Waals surface area contributed by atoms with Crippen LogP contribution in [-0.2, 0) is 13.0 Å². The van der Waals surface area contributed by atoms with Crippen LogP contribution in [0.4, 0.5) is 0 Å². The fourth-order valence-electron chi connectivity index (χ4n) is 3.18. The van der Waals surface area contributed by atoms with Crippen LogP contribution in [0, 0.1) is 0 Å². The molecule has 0 fully saturated rings. The van der Waals surface area contributed by atoms with Crippen molar-refractivity contribution >= 4 is 0 Å². The Bertz CT molecular complexity index is 671. The van der Waals surface area contributed by atoms with Crippen molar-refractivity contribution in [2.75, 3.05) is 14.2 Å². The minimum atomic E-state index is -0.458. The predicted molar refractivity (Wildman–Crippen MR) is 85.0 cm³/mol. The molecule has 0 radical (unpaired) electrons. The van der Waals surface area contributed by atoms with Crippen molar-refractivity contribution in [1.82, 2.24) is 4.90 Å². The van der Waals surface area contributed by atoms with Gasteiger partial charge in [0.1, 0.15) is 0 Å². The van der Waals surface area contributed by atoms with Gasteiger partial charge < -0.3 is 14.9 Å². The molecular weight excluding hydrogens is 278 g/mol. The average Bonchev–Trinajstić information content (AvgIpc) is 2.87. The van der Waals surface area contributed by atoms with Gasteiger partial charge in [-0.1, -0.05) is 30.3 Å². The Morgan fingerprint density at radius 2 is 2.00 bits per heavy atom. The number of likely N-dealkylation sites (N-methyl/N-ethyl adjacent to an activating group) is 1. The molecule has 4 heteroatoms. The van der Waals surface area contributed by atoms with Gasteiger partial charge in [-0.25, -0.2) is 0 Å². The molecule has 2 aromatic rings. The molecule has 0 saturated carbocycles. The number of hydrogen-bond donors (Lipinski definition) is 2. The highest BCUT2D eigenvalue weighted by Gasteiger charge is 2.33. The van der Waals surface area contributed by atoms with E-state index in [0.29, 0.717) is 12.3 Å². The second-order valence-corrected chi connectivity index (χ2v) is 5.84.